The lowest BCUT2D eigenvalue weighted by Gasteiger charge is -2.04. The van der Waals surface area contributed by atoms with Crippen molar-refractivity contribution in [1.82, 2.24) is 9.88 Å². The fraction of sp³-hybridized carbons (Fsp3) is 0.364. The molecule has 20 heavy (non-hydrogen) atoms. The van der Waals surface area contributed by atoms with Gasteiger partial charge in [-0.15, -0.1) is 0 Å². The molecule has 2 heterocycles. The van der Waals surface area contributed by atoms with Gasteiger partial charge in [-0.1, -0.05) is 5.16 Å². The van der Waals surface area contributed by atoms with E-state index in [0.717, 1.165) is 0 Å². The van der Waals surface area contributed by atoms with Crippen LogP contribution < -0.4 is 4.72 Å². The van der Waals surface area contributed by atoms with Gasteiger partial charge >= 0.3 is 0 Å². The number of aliphatic hydroxyl groups excluding tert-OH is 1. The summed E-state index contributed by atoms with van der Waals surface area (Å²) in [7, 11) is -3.76. The maximum Gasteiger partial charge on any atom is 0.245 e. The smallest absolute Gasteiger partial charge is 0.245 e. The molecule has 0 amide bonds. The highest BCUT2D eigenvalue weighted by Crippen LogP contribution is 2.26. The van der Waals surface area contributed by atoms with Crippen LogP contribution in [0.25, 0.3) is 0 Å². The molecule has 0 fully saturated rings. The lowest BCUT2D eigenvalue weighted by molar-refractivity contribution is 0.245. The fourth-order valence-corrected chi connectivity index (χ4v) is 3.65. The molecule has 0 unspecified atom stereocenters. The van der Waals surface area contributed by atoms with Gasteiger partial charge in [0.1, 0.15) is 23.0 Å². The first kappa shape index (κ1) is 15.2. The summed E-state index contributed by atoms with van der Waals surface area (Å²) in [4.78, 5) is -0.0617. The highest BCUT2D eigenvalue weighted by molar-refractivity contribution is 9.10. The lowest BCUT2D eigenvalue weighted by Crippen LogP contribution is -2.23. The molecule has 2 rings (SSSR count). The van der Waals surface area contributed by atoms with Crippen molar-refractivity contribution >= 4 is 26.0 Å². The highest BCUT2D eigenvalue weighted by atomic mass is 79.9. The van der Waals surface area contributed by atoms with Crippen molar-refractivity contribution in [2.45, 2.75) is 31.9 Å². The van der Waals surface area contributed by atoms with Crippen molar-refractivity contribution in [2.75, 3.05) is 0 Å². The first-order valence-corrected chi connectivity index (χ1v) is 7.93. The summed E-state index contributed by atoms with van der Waals surface area (Å²) in [6.45, 7) is 3.13. The molecule has 0 spiro atoms. The van der Waals surface area contributed by atoms with Crippen molar-refractivity contribution in [1.29, 1.82) is 0 Å². The van der Waals surface area contributed by atoms with E-state index in [1.54, 1.807) is 13.8 Å². The first-order chi connectivity index (χ1) is 9.35. The van der Waals surface area contributed by atoms with Crippen molar-refractivity contribution in [3.63, 3.8) is 0 Å². The molecule has 2 N–H and O–H groups in total. The minimum Gasteiger partial charge on any atom is -0.450 e. The molecule has 0 aliphatic carbocycles. The largest absolute Gasteiger partial charge is 0.450 e. The molecule has 0 aliphatic rings. The molecule has 0 bridgehead atoms. The Balaban J connectivity index is 2.21. The number of rotatable bonds is 5. The third-order valence-electron chi connectivity index (χ3n) is 2.77. The van der Waals surface area contributed by atoms with Crippen LogP contribution in [-0.4, -0.2) is 18.7 Å². The summed E-state index contributed by atoms with van der Waals surface area (Å²) in [5.74, 6) is 0.724. The Morgan fingerprint density at radius 3 is 2.65 bits per heavy atom. The second-order valence-electron chi connectivity index (χ2n) is 4.14. The maximum absolute atomic E-state index is 12.2. The summed E-state index contributed by atoms with van der Waals surface area (Å²) < 4.78 is 36.8. The first-order valence-electron chi connectivity index (χ1n) is 5.65. The van der Waals surface area contributed by atoms with E-state index in [0.29, 0.717) is 17.0 Å². The van der Waals surface area contributed by atoms with Gasteiger partial charge in [0.2, 0.25) is 10.0 Å². The van der Waals surface area contributed by atoms with Crippen molar-refractivity contribution in [3.05, 3.63) is 33.5 Å². The second kappa shape index (κ2) is 5.68. The number of halogens is 1. The zero-order chi connectivity index (χ0) is 14.9. The van der Waals surface area contributed by atoms with Crippen molar-refractivity contribution < 1.29 is 22.5 Å². The van der Waals surface area contributed by atoms with Gasteiger partial charge in [0.05, 0.1) is 5.69 Å². The molecule has 9 heteroatoms. The van der Waals surface area contributed by atoms with Gasteiger partial charge in [-0.2, -0.15) is 0 Å². The van der Waals surface area contributed by atoms with Crippen molar-refractivity contribution in [3.8, 4) is 0 Å². The van der Waals surface area contributed by atoms with Crippen LogP contribution >= 0.6 is 15.9 Å². The predicted octanol–water partition coefficient (Wildman–Crippen LogP) is 1.62. The number of furan rings is 1. The van der Waals surface area contributed by atoms with Crippen LogP contribution in [0.5, 0.6) is 0 Å². The quantitative estimate of drug-likeness (QED) is 0.834. The summed E-state index contributed by atoms with van der Waals surface area (Å²) in [5, 5.41) is 12.7. The zero-order valence-electron chi connectivity index (χ0n) is 10.8. The number of aliphatic hydroxyl groups is 1. The molecule has 0 radical (unpaired) electrons. The zero-order valence-corrected chi connectivity index (χ0v) is 13.2. The van der Waals surface area contributed by atoms with Gasteiger partial charge in [0, 0.05) is 18.2 Å². The Hall–Kier alpha value is -1.16. The molecule has 0 aliphatic heterocycles. The van der Waals surface area contributed by atoms with E-state index in [2.05, 4.69) is 25.8 Å². The van der Waals surface area contributed by atoms with Gasteiger partial charge in [0.15, 0.2) is 4.67 Å². The monoisotopic (exact) mass is 364 g/mol. The van der Waals surface area contributed by atoms with E-state index in [4.69, 9.17) is 14.0 Å². The van der Waals surface area contributed by atoms with E-state index < -0.39 is 10.0 Å². The topological polar surface area (TPSA) is 106 Å². The number of aryl methyl sites for hydroxylation is 2. The summed E-state index contributed by atoms with van der Waals surface area (Å²) in [5.41, 5.74) is 1.32. The SMILES string of the molecule is Cc1noc(C)c1CNS(=O)(=O)c1cc(CO)oc1Br. The van der Waals surface area contributed by atoms with Gasteiger partial charge in [0.25, 0.3) is 0 Å². The number of nitrogens with one attached hydrogen (secondary N) is 1. The molecule has 0 saturated carbocycles. The molecular weight excluding hydrogens is 352 g/mol. The second-order valence-corrected chi connectivity index (χ2v) is 6.59. The lowest BCUT2D eigenvalue weighted by atomic mass is 10.2. The van der Waals surface area contributed by atoms with Gasteiger partial charge in [-0.25, -0.2) is 13.1 Å². The van der Waals surface area contributed by atoms with Crippen LogP contribution in [0.1, 0.15) is 22.8 Å². The summed E-state index contributed by atoms with van der Waals surface area (Å²) in [6.07, 6.45) is 0. The number of hydrogen-bond acceptors (Lipinski definition) is 6. The van der Waals surface area contributed by atoms with Crippen LogP contribution in [0.3, 0.4) is 0 Å². The molecule has 0 saturated heterocycles. The van der Waals surface area contributed by atoms with Crippen LogP contribution in [0.15, 0.2) is 24.6 Å². The van der Waals surface area contributed by atoms with Gasteiger partial charge in [-0.3, -0.25) is 0 Å². The van der Waals surface area contributed by atoms with E-state index in [1.165, 1.54) is 6.07 Å². The standard InChI is InChI=1S/C11H13BrN2O5S/c1-6-9(7(2)19-14-6)4-13-20(16,17)10-3-8(5-15)18-11(10)12/h3,13,15H,4-5H2,1-2H3. The molecular formula is C11H13BrN2O5S. The van der Waals surface area contributed by atoms with E-state index in [-0.39, 0.29) is 28.5 Å². The molecule has 0 atom stereocenters. The van der Waals surface area contributed by atoms with E-state index in [9.17, 15) is 8.42 Å². The number of hydrogen-bond donors (Lipinski definition) is 2. The average Bonchev–Trinajstić information content (AvgIpc) is 2.92. The minimum absolute atomic E-state index is 0.0489. The van der Waals surface area contributed by atoms with E-state index >= 15 is 0 Å². The Labute approximate surface area is 124 Å². The molecule has 7 nitrogen and oxygen atoms in total. The van der Waals surface area contributed by atoms with Crippen LogP contribution in [0.2, 0.25) is 0 Å². The number of aromatic nitrogens is 1. The Kier molecular flexibility index (Phi) is 4.33. The fourth-order valence-electron chi connectivity index (χ4n) is 1.66. The van der Waals surface area contributed by atoms with Gasteiger partial charge < -0.3 is 14.0 Å². The third kappa shape index (κ3) is 2.95. The maximum atomic E-state index is 12.2. The Bertz CT molecular complexity index is 700. The average molecular weight is 365 g/mol. The minimum atomic E-state index is -3.76. The highest BCUT2D eigenvalue weighted by Gasteiger charge is 2.23. The molecule has 2 aromatic heterocycles. The predicted molar refractivity (Wildman–Crippen MR) is 72.3 cm³/mol. The molecule has 0 aromatic carbocycles. The van der Waals surface area contributed by atoms with Crippen molar-refractivity contribution in [2.24, 2.45) is 0 Å². The van der Waals surface area contributed by atoms with E-state index in [1.807, 2.05) is 0 Å². The number of nitrogens with zero attached hydrogens (tertiary/aromatic N) is 1. The van der Waals surface area contributed by atoms with Gasteiger partial charge in [-0.05, 0) is 29.8 Å². The summed E-state index contributed by atoms with van der Waals surface area (Å²) >= 11 is 3.01. The molecule has 2 aromatic rings. The Morgan fingerprint density at radius 1 is 1.45 bits per heavy atom. The third-order valence-corrected chi connectivity index (χ3v) is 5.03. The van der Waals surface area contributed by atoms with Crippen LogP contribution in [0.4, 0.5) is 0 Å². The van der Waals surface area contributed by atoms with Crippen LogP contribution in [-0.2, 0) is 23.2 Å². The Morgan fingerprint density at radius 2 is 2.15 bits per heavy atom. The van der Waals surface area contributed by atoms with Crippen LogP contribution in [0, 0.1) is 13.8 Å². The molecule has 110 valence electrons. The normalized spacial score (nSPS) is 12.0. The number of sulfonamides is 1. The summed E-state index contributed by atoms with van der Waals surface area (Å²) in [6, 6.07) is 1.26.